The van der Waals surface area contributed by atoms with Crippen molar-refractivity contribution in [3.63, 3.8) is 0 Å². The lowest BCUT2D eigenvalue weighted by Crippen LogP contribution is -2.50. The normalized spacial score (nSPS) is 23.4. The molecule has 0 aromatic rings. The first-order valence-corrected chi connectivity index (χ1v) is 6.22. The van der Waals surface area contributed by atoms with E-state index in [1.165, 1.54) is 0 Å². The van der Waals surface area contributed by atoms with Crippen LogP contribution >= 0.6 is 0 Å². The minimum absolute atomic E-state index is 0.00125. The van der Waals surface area contributed by atoms with Gasteiger partial charge in [0, 0.05) is 26.1 Å². The number of nitrogens with one attached hydrogen (secondary N) is 2. The second-order valence-corrected chi connectivity index (χ2v) is 5.49. The van der Waals surface area contributed by atoms with E-state index in [1.54, 1.807) is 6.92 Å². The summed E-state index contributed by atoms with van der Waals surface area (Å²) in [6, 6.07) is 0. The predicted octanol–water partition coefficient (Wildman–Crippen LogP) is -1.06. The molecule has 104 valence electrons. The second kappa shape index (κ2) is 6.15. The lowest BCUT2D eigenvalue weighted by Gasteiger charge is -2.28. The number of aliphatic hydroxyl groups is 1. The van der Waals surface area contributed by atoms with E-state index in [4.69, 9.17) is 0 Å². The molecular formula is C12H23N3O3. The first kappa shape index (κ1) is 14.9. The number of rotatable bonds is 5. The van der Waals surface area contributed by atoms with Crippen molar-refractivity contribution in [1.82, 2.24) is 15.5 Å². The Hall–Kier alpha value is -1.14. The predicted molar refractivity (Wildman–Crippen MR) is 67.9 cm³/mol. The van der Waals surface area contributed by atoms with Gasteiger partial charge in [-0.05, 0) is 27.4 Å². The maximum absolute atomic E-state index is 11.9. The highest BCUT2D eigenvalue weighted by atomic mass is 16.3. The summed E-state index contributed by atoms with van der Waals surface area (Å²) in [4.78, 5) is 24.7. The van der Waals surface area contributed by atoms with Crippen molar-refractivity contribution in [2.45, 2.75) is 25.4 Å². The number of carbonyl (C=O) groups is 2. The Bertz CT molecular complexity index is 306. The van der Waals surface area contributed by atoms with Crippen LogP contribution in [0.25, 0.3) is 0 Å². The molecular weight excluding hydrogens is 234 g/mol. The highest BCUT2D eigenvalue weighted by molar-refractivity contribution is 5.83. The molecule has 1 aliphatic heterocycles. The topological polar surface area (TPSA) is 81.7 Å². The van der Waals surface area contributed by atoms with E-state index < -0.39 is 5.60 Å². The summed E-state index contributed by atoms with van der Waals surface area (Å²) in [5.41, 5.74) is -0.947. The van der Waals surface area contributed by atoms with Crippen LogP contribution in [0.15, 0.2) is 0 Å². The Balaban J connectivity index is 2.34. The molecule has 1 heterocycles. The lowest BCUT2D eigenvalue weighted by atomic mass is 9.98. The summed E-state index contributed by atoms with van der Waals surface area (Å²) < 4.78 is 0. The van der Waals surface area contributed by atoms with Gasteiger partial charge < -0.3 is 20.6 Å². The maximum Gasteiger partial charge on any atom is 0.225 e. The van der Waals surface area contributed by atoms with Gasteiger partial charge in [0.2, 0.25) is 11.8 Å². The summed E-state index contributed by atoms with van der Waals surface area (Å²) in [6.07, 6.45) is 0.972. The Kier molecular flexibility index (Phi) is 5.10. The minimum atomic E-state index is -0.947. The quantitative estimate of drug-likeness (QED) is 0.586. The van der Waals surface area contributed by atoms with Gasteiger partial charge >= 0.3 is 0 Å². The standard InChI is InChI=1S/C12H23N3O3/c1-12(18,8-15(2)3)7-14-11(17)9-4-5-10(16)13-6-9/h9,18H,4-8H2,1-3H3,(H,13,16)(H,14,17). The number of hydrogen-bond acceptors (Lipinski definition) is 4. The van der Waals surface area contributed by atoms with E-state index in [2.05, 4.69) is 10.6 Å². The molecule has 0 aliphatic carbocycles. The molecule has 1 saturated heterocycles. The van der Waals surface area contributed by atoms with E-state index >= 15 is 0 Å². The number of hydrogen-bond donors (Lipinski definition) is 3. The monoisotopic (exact) mass is 257 g/mol. The lowest BCUT2D eigenvalue weighted by molar-refractivity contribution is -0.129. The van der Waals surface area contributed by atoms with Crippen molar-refractivity contribution in [1.29, 1.82) is 0 Å². The smallest absolute Gasteiger partial charge is 0.225 e. The van der Waals surface area contributed by atoms with Gasteiger partial charge in [0.1, 0.15) is 0 Å². The highest BCUT2D eigenvalue weighted by Crippen LogP contribution is 2.11. The van der Waals surface area contributed by atoms with Gasteiger partial charge in [-0.25, -0.2) is 0 Å². The first-order valence-electron chi connectivity index (χ1n) is 6.22. The van der Waals surface area contributed by atoms with Crippen molar-refractivity contribution in [3.05, 3.63) is 0 Å². The molecule has 1 aliphatic rings. The van der Waals surface area contributed by atoms with E-state index in [0.717, 1.165) is 0 Å². The van der Waals surface area contributed by atoms with E-state index in [-0.39, 0.29) is 24.3 Å². The van der Waals surface area contributed by atoms with Crippen LogP contribution in [-0.2, 0) is 9.59 Å². The molecule has 0 saturated carbocycles. The van der Waals surface area contributed by atoms with Crippen molar-refractivity contribution in [2.75, 3.05) is 33.7 Å². The Morgan fingerprint density at radius 2 is 2.28 bits per heavy atom. The van der Waals surface area contributed by atoms with E-state index in [1.807, 2.05) is 19.0 Å². The van der Waals surface area contributed by atoms with Crippen molar-refractivity contribution < 1.29 is 14.7 Å². The zero-order valence-electron chi connectivity index (χ0n) is 11.3. The molecule has 2 unspecified atom stereocenters. The summed E-state index contributed by atoms with van der Waals surface area (Å²) >= 11 is 0. The van der Waals surface area contributed by atoms with Crippen molar-refractivity contribution in [3.8, 4) is 0 Å². The molecule has 0 aromatic carbocycles. The summed E-state index contributed by atoms with van der Waals surface area (Å²) in [7, 11) is 3.74. The molecule has 18 heavy (non-hydrogen) atoms. The zero-order chi connectivity index (χ0) is 13.8. The number of piperidine rings is 1. The molecule has 3 N–H and O–H groups in total. The summed E-state index contributed by atoms with van der Waals surface area (Å²) in [5.74, 6) is -0.287. The van der Waals surface area contributed by atoms with Crippen LogP contribution in [0, 0.1) is 5.92 Å². The van der Waals surface area contributed by atoms with Gasteiger partial charge in [-0.15, -0.1) is 0 Å². The molecule has 6 nitrogen and oxygen atoms in total. The van der Waals surface area contributed by atoms with E-state index in [9.17, 15) is 14.7 Å². The molecule has 0 spiro atoms. The average Bonchev–Trinajstić information content (AvgIpc) is 2.25. The number of amides is 2. The van der Waals surface area contributed by atoms with Crippen LogP contribution in [0.3, 0.4) is 0 Å². The number of nitrogens with zero attached hydrogens (tertiary/aromatic N) is 1. The molecule has 6 heteroatoms. The molecule has 1 fully saturated rings. The Labute approximate surface area is 108 Å². The fourth-order valence-corrected chi connectivity index (χ4v) is 2.12. The Morgan fingerprint density at radius 3 is 2.78 bits per heavy atom. The number of likely N-dealkylation sites (N-methyl/N-ethyl adjacent to an activating group) is 1. The maximum atomic E-state index is 11.9. The molecule has 2 atom stereocenters. The molecule has 2 amide bonds. The van der Waals surface area contributed by atoms with Crippen LogP contribution in [0.4, 0.5) is 0 Å². The van der Waals surface area contributed by atoms with Crippen LogP contribution in [-0.4, -0.2) is 61.2 Å². The van der Waals surface area contributed by atoms with Crippen LogP contribution in [0.2, 0.25) is 0 Å². The fourth-order valence-electron chi connectivity index (χ4n) is 2.12. The third kappa shape index (κ3) is 5.01. The highest BCUT2D eigenvalue weighted by Gasteiger charge is 2.27. The number of carbonyl (C=O) groups excluding carboxylic acids is 2. The Morgan fingerprint density at radius 1 is 1.61 bits per heavy atom. The van der Waals surface area contributed by atoms with Gasteiger partial charge in [0.25, 0.3) is 0 Å². The van der Waals surface area contributed by atoms with E-state index in [0.29, 0.717) is 25.9 Å². The van der Waals surface area contributed by atoms with Crippen molar-refractivity contribution in [2.24, 2.45) is 5.92 Å². The largest absolute Gasteiger partial charge is 0.387 e. The third-order valence-corrected chi connectivity index (χ3v) is 2.94. The third-order valence-electron chi connectivity index (χ3n) is 2.94. The van der Waals surface area contributed by atoms with Gasteiger partial charge in [-0.1, -0.05) is 0 Å². The minimum Gasteiger partial charge on any atom is -0.387 e. The SMILES string of the molecule is CN(C)CC(C)(O)CNC(=O)C1CCC(=O)NC1. The first-order chi connectivity index (χ1) is 8.30. The van der Waals surface area contributed by atoms with Crippen LogP contribution in [0.1, 0.15) is 19.8 Å². The summed E-state index contributed by atoms with van der Waals surface area (Å²) in [5, 5.41) is 15.5. The molecule has 0 aromatic heterocycles. The van der Waals surface area contributed by atoms with Gasteiger partial charge in [0.15, 0.2) is 0 Å². The van der Waals surface area contributed by atoms with Crippen molar-refractivity contribution >= 4 is 11.8 Å². The van der Waals surface area contributed by atoms with Crippen LogP contribution < -0.4 is 10.6 Å². The average molecular weight is 257 g/mol. The molecule has 0 radical (unpaired) electrons. The molecule has 1 rings (SSSR count). The summed E-state index contributed by atoms with van der Waals surface area (Å²) in [6.45, 7) is 2.78. The molecule has 0 bridgehead atoms. The van der Waals surface area contributed by atoms with Gasteiger partial charge in [-0.2, -0.15) is 0 Å². The van der Waals surface area contributed by atoms with Gasteiger partial charge in [0.05, 0.1) is 11.5 Å². The second-order valence-electron chi connectivity index (χ2n) is 5.49. The zero-order valence-corrected chi connectivity index (χ0v) is 11.3. The van der Waals surface area contributed by atoms with Gasteiger partial charge in [-0.3, -0.25) is 9.59 Å². The fraction of sp³-hybridized carbons (Fsp3) is 0.833. The van der Waals surface area contributed by atoms with Crippen LogP contribution in [0.5, 0.6) is 0 Å².